The van der Waals surface area contributed by atoms with Crippen LogP contribution in [0.4, 0.5) is 0 Å². The normalized spacial score (nSPS) is 18.2. The summed E-state index contributed by atoms with van der Waals surface area (Å²) in [5, 5.41) is 0.536. The summed E-state index contributed by atoms with van der Waals surface area (Å²) < 4.78 is 5.72. The molecule has 1 aromatic heterocycles. The first-order valence-electron chi connectivity index (χ1n) is 7.92. The predicted octanol–water partition coefficient (Wildman–Crippen LogP) is 2.49. The van der Waals surface area contributed by atoms with Crippen LogP contribution in [0.1, 0.15) is 27.4 Å². The Balaban J connectivity index is 1.87. The fraction of sp³-hybridized carbons (Fsp3) is 0.105. The molecule has 0 amide bonds. The third-order valence-corrected chi connectivity index (χ3v) is 4.60. The molecule has 3 aromatic rings. The van der Waals surface area contributed by atoms with E-state index in [0.29, 0.717) is 16.1 Å². The summed E-state index contributed by atoms with van der Waals surface area (Å²) in [6.45, 7) is 0. The van der Waals surface area contributed by atoms with E-state index >= 15 is 0 Å². The molecule has 2 atom stereocenters. The predicted molar refractivity (Wildman–Crippen MR) is 96.2 cm³/mol. The van der Waals surface area contributed by atoms with E-state index in [4.69, 9.17) is 16.3 Å². The van der Waals surface area contributed by atoms with E-state index in [2.05, 4.69) is 9.97 Å². The zero-order valence-electron chi connectivity index (χ0n) is 13.4. The Bertz CT molecular complexity index is 1090. The van der Waals surface area contributed by atoms with Crippen LogP contribution in [0.15, 0.2) is 64.2 Å². The van der Waals surface area contributed by atoms with Crippen LogP contribution in [-0.4, -0.2) is 21.9 Å². The van der Waals surface area contributed by atoms with Gasteiger partial charge < -0.3 is 4.74 Å². The molecule has 0 unspecified atom stereocenters. The van der Waals surface area contributed by atoms with Crippen molar-refractivity contribution >= 4 is 17.4 Å². The van der Waals surface area contributed by atoms with E-state index in [9.17, 15) is 14.4 Å². The molecule has 2 aromatic carbocycles. The summed E-state index contributed by atoms with van der Waals surface area (Å²) in [5.41, 5.74) is 0.118. The molecule has 0 fully saturated rings. The lowest BCUT2D eigenvalue weighted by molar-refractivity contribution is 0.0801. The fourth-order valence-electron chi connectivity index (χ4n) is 3.18. The van der Waals surface area contributed by atoms with Crippen LogP contribution in [0.5, 0.6) is 5.88 Å². The van der Waals surface area contributed by atoms with Crippen molar-refractivity contribution in [2.24, 2.45) is 0 Å². The number of rotatable bonds is 3. The van der Waals surface area contributed by atoms with Gasteiger partial charge in [0.1, 0.15) is 0 Å². The second kappa shape index (κ2) is 6.31. The third-order valence-electron chi connectivity index (χ3n) is 4.35. The van der Waals surface area contributed by atoms with Gasteiger partial charge in [-0.3, -0.25) is 19.6 Å². The van der Waals surface area contributed by atoms with Gasteiger partial charge in [0, 0.05) is 10.6 Å². The van der Waals surface area contributed by atoms with Gasteiger partial charge in [0.2, 0.25) is 11.7 Å². The van der Waals surface area contributed by atoms with Gasteiger partial charge in [-0.25, -0.2) is 4.79 Å². The highest BCUT2D eigenvalue weighted by atomic mass is 35.5. The molecular formula is C19H13ClN2O4. The molecule has 7 heteroatoms. The minimum atomic E-state index is -0.965. The number of halogens is 1. The number of benzene rings is 2. The number of fused-ring (bicyclic) bond motifs is 1. The Labute approximate surface area is 152 Å². The van der Waals surface area contributed by atoms with Gasteiger partial charge in [-0.1, -0.05) is 54.1 Å². The van der Waals surface area contributed by atoms with E-state index in [1.54, 1.807) is 54.6 Å². The number of aromatic nitrogens is 2. The second-order valence-electron chi connectivity index (χ2n) is 5.95. The largest absolute Gasteiger partial charge is 0.466 e. The summed E-state index contributed by atoms with van der Waals surface area (Å²) in [6.07, 6.45) is -0.965. The zero-order valence-corrected chi connectivity index (χ0v) is 14.1. The average molecular weight is 369 g/mol. The molecule has 2 heterocycles. The van der Waals surface area contributed by atoms with Gasteiger partial charge >= 0.3 is 5.69 Å². The molecule has 0 saturated carbocycles. The van der Waals surface area contributed by atoms with Crippen LogP contribution in [0, 0.1) is 0 Å². The number of H-pyrrole nitrogens is 2. The molecule has 0 radical (unpaired) electrons. The molecule has 1 aliphatic rings. The summed E-state index contributed by atoms with van der Waals surface area (Å²) >= 11 is 5.95. The first-order valence-corrected chi connectivity index (χ1v) is 8.30. The second-order valence-corrected chi connectivity index (χ2v) is 6.39. The number of carbonyl (C=O) groups excluding carboxylic acids is 1. The lowest BCUT2D eigenvalue weighted by atomic mass is 9.86. The highest BCUT2D eigenvalue weighted by Gasteiger charge is 2.43. The highest BCUT2D eigenvalue weighted by molar-refractivity contribution is 6.30. The number of ether oxygens (including phenoxy) is 1. The van der Waals surface area contributed by atoms with Crippen molar-refractivity contribution in [3.05, 3.63) is 97.1 Å². The SMILES string of the molecule is O=C(c1ccccc1)[C@H]1Oc2[nH]c(=O)[nH]c(=O)c2[C@H]1c1ccc(Cl)cc1. The Kier molecular flexibility index (Phi) is 3.97. The molecule has 0 bridgehead atoms. The lowest BCUT2D eigenvalue weighted by Crippen LogP contribution is -2.31. The van der Waals surface area contributed by atoms with Gasteiger partial charge in [-0.15, -0.1) is 0 Å². The molecule has 1 aliphatic heterocycles. The summed E-state index contributed by atoms with van der Waals surface area (Å²) in [6, 6.07) is 15.5. The first kappa shape index (κ1) is 16.4. The van der Waals surface area contributed by atoms with Gasteiger partial charge in [-0.2, -0.15) is 0 Å². The van der Waals surface area contributed by atoms with Crippen LogP contribution in [0.25, 0.3) is 0 Å². The Morgan fingerprint density at radius 2 is 1.65 bits per heavy atom. The number of hydrogen-bond acceptors (Lipinski definition) is 4. The van der Waals surface area contributed by atoms with Crippen molar-refractivity contribution in [2.75, 3.05) is 0 Å². The maximum Gasteiger partial charge on any atom is 0.328 e. The van der Waals surface area contributed by atoms with Crippen molar-refractivity contribution in [3.63, 3.8) is 0 Å². The van der Waals surface area contributed by atoms with E-state index in [1.165, 1.54) is 0 Å². The lowest BCUT2D eigenvalue weighted by Gasteiger charge is -2.18. The molecule has 4 rings (SSSR count). The summed E-state index contributed by atoms with van der Waals surface area (Å²) in [5.74, 6) is -0.912. The average Bonchev–Trinajstić information content (AvgIpc) is 3.02. The van der Waals surface area contributed by atoms with Crippen molar-refractivity contribution in [1.29, 1.82) is 0 Å². The molecule has 2 N–H and O–H groups in total. The van der Waals surface area contributed by atoms with Crippen molar-refractivity contribution in [3.8, 4) is 5.88 Å². The Hall–Kier alpha value is -3.12. The van der Waals surface area contributed by atoms with Gasteiger partial charge in [0.25, 0.3) is 5.56 Å². The zero-order chi connectivity index (χ0) is 18.3. The number of Topliss-reactive ketones (excluding diaryl/α,β-unsaturated/α-hetero) is 1. The van der Waals surface area contributed by atoms with Crippen molar-refractivity contribution in [2.45, 2.75) is 12.0 Å². The van der Waals surface area contributed by atoms with Crippen LogP contribution < -0.4 is 16.0 Å². The molecule has 130 valence electrons. The number of aromatic amines is 2. The minimum absolute atomic E-state index is 0.0213. The van der Waals surface area contributed by atoms with E-state index in [0.717, 1.165) is 0 Å². The van der Waals surface area contributed by atoms with E-state index in [1.807, 2.05) is 0 Å². The maximum atomic E-state index is 13.0. The summed E-state index contributed by atoms with van der Waals surface area (Å²) in [4.78, 5) is 41.7. The monoisotopic (exact) mass is 368 g/mol. The maximum absolute atomic E-state index is 13.0. The Morgan fingerprint density at radius 1 is 0.962 bits per heavy atom. The van der Waals surface area contributed by atoms with Crippen LogP contribution in [0.2, 0.25) is 5.02 Å². The van der Waals surface area contributed by atoms with Gasteiger partial charge in [0.05, 0.1) is 11.5 Å². The number of hydrogen-bond donors (Lipinski definition) is 2. The first-order chi connectivity index (χ1) is 12.5. The smallest absolute Gasteiger partial charge is 0.328 e. The fourth-order valence-corrected chi connectivity index (χ4v) is 3.31. The molecule has 6 nitrogen and oxygen atoms in total. The standard InChI is InChI=1S/C19H13ClN2O4/c20-12-8-6-10(7-9-12)13-14-17(24)21-19(25)22-18(14)26-16(13)15(23)11-4-2-1-3-5-11/h1-9,13,16H,(H2,21,22,24,25)/t13-,16+/m1/s1. The van der Waals surface area contributed by atoms with Crippen LogP contribution in [0.3, 0.4) is 0 Å². The van der Waals surface area contributed by atoms with Crippen molar-refractivity contribution in [1.82, 2.24) is 9.97 Å². The topological polar surface area (TPSA) is 92.0 Å². The van der Waals surface area contributed by atoms with E-state index in [-0.39, 0.29) is 17.2 Å². The summed E-state index contributed by atoms with van der Waals surface area (Å²) in [7, 11) is 0. The highest BCUT2D eigenvalue weighted by Crippen LogP contribution is 2.40. The van der Waals surface area contributed by atoms with E-state index < -0.39 is 23.3 Å². The van der Waals surface area contributed by atoms with Gasteiger partial charge in [0.15, 0.2) is 6.10 Å². The third kappa shape index (κ3) is 2.74. The number of nitrogens with one attached hydrogen (secondary N) is 2. The molecule has 0 aliphatic carbocycles. The van der Waals surface area contributed by atoms with Crippen LogP contribution >= 0.6 is 11.6 Å². The molecule has 0 saturated heterocycles. The van der Waals surface area contributed by atoms with Crippen molar-refractivity contribution < 1.29 is 9.53 Å². The number of carbonyl (C=O) groups is 1. The molecule has 26 heavy (non-hydrogen) atoms. The quantitative estimate of drug-likeness (QED) is 0.695. The molecule has 0 spiro atoms. The molecular weight excluding hydrogens is 356 g/mol. The van der Waals surface area contributed by atoms with Crippen LogP contribution in [-0.2, 0) is 0 Å². The Morgan fingerprint density at radius 3 is 2.35 bits per heavy atom. The van der Waals surface area contributed by atoms with Gasteiger partial charge in [-0.05, 0) is 17.7 Å². The number of ketones is 1. The minimum Gasteiger partial charge on any atom is -0.466 e.